The van der Waals surface area contributed by atoms with Crippen molar-refractivity contribution < 1.29 is 0 Å². The zero-order valence-electron chi connectivity index (χ0n) is 4.63. The third kappa shape index (κ3) is 1.03. The number of hydrogen-bond acceptors (Lipinski definition) is 2. The summed E-state index contributed by atoms with van der Waals surface area (Å²) in [5.41, 5.74) is 1.36. The molecule has 0 aliphatic heterocycles. The molecule has 0 saturated carbocycles. The first-order chi connectivity index (χ1) is 3.79. The molecule has 1 aromatic rings. The SMILES string of the molecule is [CH]c1cnc(C)cn1. The van der Waals surface area contributed by atoms with Crippen LogP contribution in [0.25, 0.3) is 0 Å². The maximum absolute atomic E-state index is 5.25. The van der Waals surface area contributed by atoms with E-state index >= 15 is 0 Å². The standard InChI is InChI=1S/C6H6N2/c1-5-3-8-6(2)4-7-5/h1,3-4H,2H3. The second-order valence-electron chi connectivity index (χ2n) is 1.58. The molecule has 1 rings (SSSR count). The van der Waals surface area contributed by atoms with Crippen LogP contribution in [0.3, 0.4) is 0 Å². The van der Waals surface area contributed by atoms with Crippen molar-refractivity contribution in [2.75, 3.05) is 0 Å². The Balaban J connectivity index is 3.03. The third-order valence-corrected chi connectivity index (χ3v) is 0.801. The molecule has 0 aliphatic carbocycles. The van der Waals surface area contributed by atoms with Gasteiger partial charge >= 0.3 is 0 Å². The lowest BCUT2D eigenvalue weighted by Crippen LogP contribution is -1.84. The van der Waals surface area contributed by atoms with Crippen LogP contribution in [0.5, 0.6) is 0 Å². The van der Waals surface area contributed by atoms with Gasteiger partial charge in [0.15, 0.2) is 0 Å². The van der Waals surface area contributed by atoms with Crippen LogP contribution in [-0.2, 0) is 0 Å². The summed E-state index contributed by atoms with van der Waals surface area (Å²) in [5, 5.41) is 0. The van der Waals surface area contributed by atoms with Gasteiger partial charge in [-0.15, -0.1) is 0 Å². The summed E-state index contributed by atoms with van der Waals surface area (Å²) < 4.78 is 0. The Hall–Kier alpha value is -0.920. The molecular formula is C6H6N2. The van der Waals surface area contributed by atoms with Crippen molar-refractivity contribution in [2.45, 2.75) is 6.92 Å². The molecule has 1 heterocycles. The van der Waals surface area contributed by atoms with E-state index in [1.807, 2.05) is 6.92 Å². The number of rotatable bonds is 0. The van der Waals surface area contributed by atoms with E-state index in [0.29, 0.717) is 5.69 Å². The molecular weight excluding hydrogens is 100 g/mol. The topological polar surface area (TPSA) is 25.8 Å². The van der Waals surface area contributed by atoms with Crippen LogP contribution in [0.1, 0.15) is 11.4 Å². The van der Waals surface area contributed by atoms with Crippen molar-refractivity contribution in [2.24, 2.45) is 0 Å². The zero-order chi connectivity index (χ0) is 5.98. The predicted molar refractivity (Wildman–Crippen MR) is 30.2 cm³/mol. The molecule has 0 amide bonds. The minimum absolute atomic E-state index is 0.468. The molecule has 0 N–H and O–H groups in total. The first kappa shape index (κ1) is 5.22. The highest BCUT2D eigenvalue weighted by Crippen LogP contribution is 1.88. The summed E-state index contributed by atoms with van der Waals surface area (Å²) in [6.07, 6.45) is 3.17. The van der Waals surface area contributed by atoms with Crippen LogP contribution in [0.15, 0.2) is 12.4 Å². The lowest BCUT2D eigenvalue weighted by atomic mass is 10.5. The van der Waals surface area contributed by atoms with E-state index in [1.54, 1.807) is 6.20 Å². The van der Waals surface area contributed by atoms with E-state index in [4.69, 9.17) is 6.92 Å². The quantitative estimate of drug-likeness (QED) is 0.490. The molecule has 2 radical (unpaired) electrons. The molecule has 2 nitrogen and oxygen atoms in total. The first-order valence-corrected chi connectivity index (χ1v) is 2.33. The van der Waals surface area contributed by atoms with Crippen LogP contribution in [0.4, 0.5) is 0 Å². The Morgan fingerprint density at radius 2 is 2.12 bits per heavy atom. The predicted octanol–water partition coefficient (Wildman–Crippen LogP) is 0.844. The lowest BCUT2D eigenvalue weighted by Gasteiger charge is -1.88. The molecule has 0 atom stereocenters. The maximum Gasteiger partial charge on any atom is 0.0631 e. The average molecular weight is 106 g/mol. The van der Waals surface area contributed by atoms with Gasteiger partial charge in [0, 0.05) is 19.3 Å². The Morgan fingerprint density at radius 1 is 1.38 bits per heavy atom. The van der Waals surface area contributed by atoms with Crippen molar-refractivity contribution in [1.82, 2.24) is 9.97 Å². The molecule has 2 heteroatoms. The van der Waals surface area contributed by atoms with Gasteiger partial charge in [-0.1, -0.05) is 0 Å². The maximum atomic E-state index is 5.25. The van der Waals surface area contributed by atoms with Gasteiger partial charge in [0.2, 0.25) is 0 Å². The minimum atomic E-state index is 0.468. The fourth-order valence-corrected chi connectivity index (χ4v) is 0.403. The summed E-state index contributed by atoms with van der Waals surface area (Å²) in [5.74, 6) is 0. The average Bonchev–Trinajstić information content (AvgIpc) is 1.77. The van der Waals surface area contributed by atoms with Crippen LogP contribution >= 0.6 is 0 Å². The number of nitrogens with zero attached hydrogens (tertiary/aromatic N) is 2. The Bertz CT molecular complexity index is 145. The Kier molecular flexibility index (Phi) is 1.24. The Labute approximate surface area is 48.6 Å². The van der Waals surface area contributed by atoms with E-state index in [0.717, 1.165) is 5.69 Å². The summed E-state index contributed by atoms with van der Waals surface area (Å²) in [4.78, 5) is 7.69. The minimum Gasteiger partial charge on any atom is -0.258 e. The summed E-state index contributed by atoms with van der Waals surface area (Å²) in [7, 11) is 0. The largest absolute Gasteiger partial charge is 0.258 e. The van der Waals surface area contributed by atoms with Crippen LogP contribution < -0.4 is 0 Å². The van der Waals surface area contributed by atoms with E-state index in [9.17, 15) is 0 Å². The van der Waals surface area contributed by atoms with Crippen LogP contribution in [-0.4, -0.2) is 9.97 Å². The summed E-state index contributed by atoms with van der Waals surface area (Å²) >= 11 is 0. The zero-order valence-corrected chi connectivity index (χ0v) is 4.63. The normalized spacial score (nSPS) is 9.25. The van der Waals surface area contributed by atoms with Crippen molar-refractivity contribution in [1.29, 1.82) is 0 Å². The van der Waals surface area contributed by atoms with Gasteiger partial charge in [-0.25, -0.2) is 0 Å². The molecule has 0 saturated heterocycles. The van der Waals surface area contributed by atoms with Gasteiger partial charge in [0.05, 0.1) is 11.4 Å². The van der Waals surface area contributed by atoms with Gasteiger partial charge in [-0.3, -0.25) is 9.97 Å². The van der Waals surface area contributed by atoms with E-state index in [-0.39, 0.29) is 0 Å². The Morgan fingerprint density at radius 3 is 2.50 bits per heavy atom. The number of hydrogen-bond donors (Lipinski definition) is 0. The summed E-state index contributed by atoms with van der Waals surface area (Å²) in [6, 6.07) is 0. The molecule has 0 aliphatic rings. The molecule has 40 valence electrons. The molecule has 0 aromatic carbocycles. The van der Waals surface area contributed by atoms with Gasteiger partial charge in [-0.2, -0.15) is 0 Å². The van der Waals surface area contributed by atoms with Crippen molar-refractivity contribution in [3.05, 3.63) is 30.7 Å². The lowest BCUT2D eigenvalue weighted by molar-refractivity contribution is 1.09. The monoisotopic (exact) mass is 106 g/mol. The van der Waals surface area contributed by atoms with Gasteiger partial charge in [0.25, 0.3) is 0 Å². The highest BCUT2D eigenvalue weighted by Gasteiger charge is 1.83. The van der Waals surface area contributed by atoms with Crippen molar-refractivity contribution in [3.8, 4) is 0 Å². The van der Waals surface area contributed by atoms with Crippen LogP contribution in [0.2, 0.25) is 0 Å². The third-order valence-electron chi connectivity index (χ3n) is 0.801. The molecule has 0 fully saturated rings. The molecule has 0 bridgehead atoms. The molecule has 8 heavy (non-hydrogen) atoms. The highest BCUT2D eigenvalue weighted by atomic mass is 14.8. The number of aromatic nitrogens is 2. The second kappa shape index (κ2) is 1.90. The van der Waals surface area contributed by atoms with Crippen molar-refractivity contribution in [3.63, 3.8) is 0 Å². The van der Waals surface area contributed by atoms with Gasteiger partial charge < -0.3 is 0 Å². The number of aryl methyl sites for hydroxylation is 1. The molecule has 0 unspecified atom stereocenters. The van der Waals surface area contributed by atoms with Gasteiger partial charge in [0.1, 0.15) is 0 Å². The highest BCUT2D eigenvalue weighted by molar-refractivity contribution is 5.02. The summed E-state index contributed by atoms with van der Waals surface area (Å²) in [6.45, 7) is 7.12. The molecule has 1 aromatic heterocycles. The van der Waals surface area contributed by atoms with Gasteiger partial charge in [-0.05, 0) is 6.92 Å². The smallest absolute Gasteiger partial charge is 0.0631 e. The fraction of sp³-hybridized carbons (Fsp3) is 0.167. The van der Waals surface area contributed by atoms with Crippen LogP contribution in [0, 0.1) is 13.8 Å². The van der Waals surface area contributed by atoms with E-state index in [1.165, 1.54) is 6.20 Å². The first-order valence-electron chi connectivity index (χ1n) is 2.33. The van der Waals surface area contributed by atoms with Crippen molar-refractivity contribution >= 4 is 0 Å². The van der Waals surface area contributed by atoms with E-state index in [2.05, 4.69) is 9.97 Å². The molecule has 0 spiro atoms. The fourth-order valence-electron chi connectivity index (χ4n) is 0.403. The van der Waals surface area contributed by atoms with E-state index < -0.39 is 0 Å². The second-order valence-corrected chi connectivity index (χ2v) is 1.58.